The molecule has 14 nitrogen and oxygen atoms in total. The number of nitrogens with zero attached hydrogens (tertiary/aromatic N) is 7. The average molecular weight is 668 g/mol. The highest BCUT2D eigenvalue weighted by Crippen LogP contribution is 2.38. The van der Waals surface area contributed by atoms with Crippen LogP contribution in [-0.2, 0) is 15.6 Å². The number of likely N-dealkylation sites (N-methyl/N-ethyl adjacent to an activating group) is 1. The summed E-state index contributed by atoms with van der Waals surface area (Å²) in [5.41, 5.74) is 1.27. The number of aryl methyl sites for hydroxylation is 1. The second kappa shape index (κ2) is 14.5. The molecule has 244 valence electrons. The van der Waals surface area contributed by atoms with Crippen LogP contribution in [0, 0.1) is 17.0 Å². The fourth-order valence-corrected chi connectivity index (χ4v) is 7.02. The van der Waals surface area contributed by atoms with Crippen LogP contribution in [0.15, 0.2) is 69.5 Å². The van der Waals surface area contributed by atoms with Gasteiger partial charge in [0.25, 0.3) is 5.69 Å². The summed E-state index contributed by atoms with van der Waals surface area (Å²) in [5, 5.41) is 21.9. The smallest absolute Gasteiger partial charge is 0.269 e. The molecule has 0 spiro atoms. The van der Waals surface area contributed by atoms with Gasteiger partial charge in [-0.15, -0.1) is 0 Å². The number of methoxy groups -OCH3 is 1. The Labute approximate surface area is 272 Å². The van der Waals surface area contributed by atoms with Crippen LogP contribution in [0.5, 0.6) is 5.75 Å². The van der Waals surface area contributed by atoms with E-state index >= 15 is 0 Å². The van der Waals surface area contributed by atoms with Crippen LogP contribution >= 0.6 is 11.8 Å². The third kappa shape index (κ3) is 8.31. The fourth-order valence-electron chi connectivity index (χ4n) is 4.92. The van der Waals surface area contributed by atoms with Gasteiger partial charge in [0.1, 0.15) is 0 Å². The first kappa shape index (κ1) is 33.1. The third-order valence-corrected chi connectivity index (χ3v) is 9.99. The molecule has 0 saturated carbocycles. The first-order valence-corrected chi connectivity index (χ1v) is 17.1. The maximum Gasteiger partial charge on any atom is 0.269 e. The molecule has 1 saturated heterocycles. The van der Waals surface area contributed by atoms with Gasteiger partial charge in [0.05, 0.1) is 22.7 Å². The van der Waals surface area contributed by atoms with Gasteiger partial charge in [-0.1, -0.05) is 12.1 Å². The zero-order chi connectivity index (χ0) is 32.8. The number of non-ortho nitro benzene ring substituents is 1. The molecule has 2 N–H and O–H groups in total. The molecule has 4 aromatic rings. The number of H-pyrrole nitrogens is 1. The Morgan fingerprint density at radius 1 is 1.07 bits per heavy atom. The first-order valence-electron chi connectivity index (χ1n) is 14.6. The molecule has 0 amide bonds. The van der Waals surface area contributed by atoms with Crippen LogP contribution in [-0.4, -0.2) is 104 Å². The molecule has 2 aromatic heterocycles. The number of nitro benzene ring substituents is 1. The zero-order valence-electron chi connectivity index (χ0n) is 26.1. The third-order valence-electron chi connectivity index (χ3n) is 7.41. The van der Waals surface area contributed by atoms with Crippen LogP contribution in [0.25, 0.3) is 0 Å². The molecule has 0 atom stereocenters. The number of piperazine rings is 1. The van der Waals surface area contributed by atoms with Gasteiger partial charge >= 0.3 is 0 Å². The highest BCUT2D eigenvalue weighted by molar-refractivity contribution is 7.99. The van der Waals surface area contributed by atoms with Gasteiger partial charge < -0.3 is 19.9 Å². The molecule has 46 heavy (non-hydrogen) atoms. The van der Waals surface area contributed by atoms with E-state index in [9.17, 15) is 18.5 Å². The van der Waals surface area contributed by atoms with Gasteiger partial charge in [0, 0.05) is 68.1 Å². The number of hydrogen-bond acceptors (Lipinski definition) is 13. The number of nitro groups is 1. The average Bonchev–Trinajstić information content (AvgIpc) is 3.44. The van der Waals surface area contributed by atoms with Crippen molar-refractivity contribution in [3.8, 4) is 5.75 Å². The van der Waals surface area contributed by atoms with Gasteiger partial charge in [-0.2, -0.15) is 5.10 Å². The summed E-state index contributed by atoms with van der Waals surface area (Å²) in [6, 6.07) is 13.9. The molecule has 16 heteroatoms. The molecule has 2 aromatic carbocycles. The molecular weight excluding hydrogens is 631 g/mol. The predicted molar refractivity (Wildman–Crippen MR) is 177 cm³/mol. The summed E-state index contributed by atoms with van der Waals surface area (Å²) in [6.45, 7) is 7.22. The van der Waals surface area contributed by atoms with Crippen molar-refractivity contribution in [1.29, 1.82) is 0 Å². The standard InChI is InChI=1S/C30H37N9O5S2/c1-21-19-26(35-34-21)31-28-27(44-4)29(38-17-15-37(16-18-38)14-13-36(2)3)33-30(32-28)45-24-9-11-25(12-10-24)46(42,43)20-22-5-7-23(8-6-22)39(40)41/h5-12,19H,13-18,20H2,1-4H3,(H2,31,32,33,34,35). The largest absolute Gasteiger partial charge is 0.490 e. The SMILES string of the molecule is COc1c(Nc2cc(C)[nH]n2)nc(Sc2ccc(S(=O)(=O)Cc3ccc([N+](=O)[O-])cc3)cc2)nc1N1CCN(CCN(C)C)CC1. The van der Waals surface area contributed by atoms with Crippen LogP contribution in [0.3, 0.4) is 0 Å². The maximum absolute atomic E-state index is 13.1. The minimum absolute atomic E-state index is 0.0912. The van der Waals surface area contributed by atoms with E-state index < -0.39 is 14.8 Å². The fraction of sp³-hybridized carbons (Fsp3) is 0.367. The highest BCUT2D eigenvalue weighted by atomic mass is 32.2. The van der Waals surface area contributed by atoms with Crippen molar-refractivity contribution in [1.82, 2.24) is 30.0 Å². The Morgan fingerprint density at radius 3 is 2.35 bits per heavy atom. The lowest BCUT2D eigenvalue weighted by molar-refractivity contribution is -0.384. The van der Waals surface area contributed by atoms with Gasteiger partial charge in [-0.3, -0.25) is 20.1 Å². The van der Waals surface area contributed by atoms with E-state index in [0.717, 1.165) is 49.9 Å². The quantitative estimate of drug-likeness (QED) is 0.120. The van der Waals surface area contributed by atoms with E-state index in [0.29, 0.717) is 33.9 Å². The number of ether oxygens (including phenoxy) is 1. The summed E-state index contributed by atoms with van der Waals surface area (Å²) in [7, 11) is 2.07. The molecule has 5 rings (SSSR count). The van der Waals surface area contributed by atoms with Crippen molar-refractivity contribution in [2.24, 2.45) is 0 Å². The summed E-state index contributed by atoms with van der Waals surface area (Å²) in [6.07, 6.45) is 0. The molecule has 0 radical (unpaired) electrons. The summed E-state index contributed by atoms with van der Waals surface area (Å²) in [4.78, 5) is 27.8. The lowest BCUT2D eigenvalue weighted by Gasteiger charge is -2.36. The first-order chi connectivity index (χ1) is 22.0. The van der Waals surface area contributed by atoms with E-state index in [2.05, 4.69) is 44.3 Å². The highest BCUT2D eigenvalue weighted by Gasteiger charge is 2.25. The maximum atomic E-state index is 13.1. The molecule has 1 fully saturated rings. The van der Waals surface area contributed by atoms with Gasteiger partial charge in [-0.25, -0.2) is 18.4 Å². The van der Waals surface area contributed by atoms with Crippen molar-refractivity contribution in [2.45, 2.75) is 27.6 Å². The monoisotopic (exact) mass is 667 g/mol. The lowest BCUT2D eigenvalue weighted by Crippen LogP contribution is -2.48. The number of sulfone groups is 1. The van der Waals surface area contributed by atoms with Gasteiger partial charge in [-0.05, 0) is 62.6 Å². The van der Waals surface area contributed by atoms with Crippen molar-refractivity contribution >= 4 is 44.7 Å². The van der Waals surface area contributed by atoms with Gasteiger partial charge in [0.2, 0.25) is 5.75 Å². The summed E-state index contributed by atoms with van der Waals surface area (Å²) < 4.78 is 32.0. The van der Waals surface area contributed by atoms with Crippen molar-refractivity contribution in [3.05, 3.63) is 76.0 Å². The molecule has 0 aliphatic carbocycles. The Morgan fingerprint density at radius 2 is 1.76 bits per heavy atom. The van der Waals surface area contributed by atoms with E-state index in [-0.39, 0.29) is 16.3 Å². The van der Waals surface area contributed by atoms with E-state index in [4.69, 9.17) is 14.7 Å². The van der Waals surface area contributed by atoms with E-state index in [1.165, 1.54) is 36.0 Å². The van der Waals surface area contributed by atoms with E-state index in [1.54, 1.807) is 31.4 Å². The Balaban J connectivity index is 1.37. The number of benzene rings is 2. The van der Waals surface area contributed by atoms with E-state index in [1.807, 2.05) is 13.0 Å². The zero-order valence-corrected chi connectivity index (χ0v) is 27.8. The number of aromatic amines is 1. The second-order valence-electron chi connectivity index (χ2n) is 11.2. The molecule has 0 bridgehead atoms. The van der Waals surface area contributed by atoms with Crippen molar-refractivity contribution in [2.75, 3.05) is 70.7 Å². The van der Waals surface area contributed by atoms with Crippen LogP contribution in [0.4, 0.5) is 23.1 Å². The number of anilines is 3. The van der Waals surface area contributed by atoms with Crippen molar-refractivity contribution in [3.63, 3.8) is 0 Å². The van der Waals surface area contributed by atoms with Crippen LogP contribution in [0.2, 0.25) is 0 Å². The Kier molecular flexibility index (Phi) is 10.4. The van der Waals surface area contributed by atoms with Crippen molar-refractivity contribution < 1.29 is 18.1 Å². The molecular formula is C30H37N9O5S2. The van der Waals surface area contributed by atoms with Gasteiger partial charge in [0.15, 0.2) is 32.4 Å². The molecule has 3 heterocycles. The Bertz CT molecular complexity index is 1760. The normalized spacial score (nSPS) is 14.1. The summed E-state index contributed by atoms with van der Waals surface area (Å²) >= 11 is 1.31. The topological polar surface area (TPSA) is 163 Å². The summed E-state index contributed by atoms with van der Waals surface area (Å²) in [5.74, 6) is 1.97. The number of nitrogens with one attached hydrogen (secondary N) is 2. The van der Waals surface area contributed by atoms with Crippen LogP contribution < -0.4 is 15.0 Å². The molecule has 1 aliphatic rings. The predicted octanol–water partition coefficient (Wildman–Crippen LogP) is 3.98. The lowest BCUT2D eigenvalue weighted by atomic mass is 10.2. The number of hydrogen-bond donors (Lipinski definition) is 2. The van der Waals surface area contributed by atoms with Crippen LogP contribution in [0.1, 0.15) is 11.3 Å². The second-order valence-corrected chi connectivity index (χ2v) is 14.2. The molecule has 0 unspecified atom stereocenters. The number of aromatic nitrogens is 4. The minimum atomic E-state index is -3.68. The minimum Gasteiger partial charge on any atom is -0.490 e. The molecule has 1 aliphatic heterocycles. The number of rotatable bonds is 13. The Hall–Kier alpha value is -4.25.